The molecule has 190 valence electrons. The Hall–Kier alpha value is -2.07. The maximum absolute atomic E-state index is 12.3. The van der Waals surface area contributed by atoms with Crippen LogP contribution >= 0.6 is 0 Å². The van der Waals surface area contributed by atoms with Crippen LogP contribution in [-0.4, -0.2) is 24.7 Å². The van der Waals surface area contributed by atoms with E-state index in [2.05, 4.69) is 62.5 Å². The van der Waals surface area contributed by atoms with Gasteiger partial charge in [-0.05, 0) is 110 Å². The van der Waals surface area contributed by atoms with Gasteiger partial charge in [-0.2, -0.15) is 0 Å². The molecule has 4 fully saturated rings. The first-order valence-corrected chi connectivity index (χ1v) is 13.7. The number of esters is 1. The molecule has 4 aliphatic carbocycles. The van der Waals surface area contributed by atoms with Crippen molar-refractivity contribution in [3.8, 4) is 5.75 Å². The molecule has 0 spiro atoms. The molecule has 35 heavy (non-hydrogen) atoms. The van der Waals surface area contributed by atoms with Gasteiger partial charge in [0.2, 0.25) is 0 Å². The Morgan fingerprint density at radius 2 is 1.54 bits per heavy atom. The van der Waals surface area contributed by atoms with Gasteiger partial charge in [0, 0.05) is 12.1 Å². The van der Waals surface area contributed by atoms with Crippen molar-refractivity contribution in [1.29, 1.82) is 0 Å². The van der Waals surface area contributed by atoms with Crippen molar-refractivity contribution >= 4 is 16.7 Å². The van der Waals surface area contributed by atoms with E-state index in [1.807, 2.05) is 0 Å². The summed E-state index contributed by atoms with van der Waals surface area (Å²) in [4.78, 5) is 12.3. The molecule has 0 radical (unpaired) electrons. The van der Waals surface area contributed by atoms with Crippen LogP contribution in [0.1, 0.15) is 90.5 Å². The van der Waals surface area contributed by atoms with Crippen LogP contribution in [0.3, 0.4) is 0 Å². The second-order valence-corrected chi connectivity index (χ2v) is 12.7. The zero-order valence-corrected chi connectivity index (χ0v) is 22.1. The van der Waals surface area contributed by atoms with Crippen LogP contribution in [0, 0.1) is 16.7 Å². The molecular formula is C31H43NO3. The van der Waals surface area contributed by atoms with Crippen molar-refractivity contribution in [1.82, 2.24) is 5.32 Å². The number of ether oxygens (including phenoxy) is 2. The maximum Gasteiger partial charge on any atom is 0.311 e. The number of carbonyl (C=O) groups excluding carboxylic acids is 1. The van der Waals surface area contributed by atoms with Gasteiger partial charge in [-0.1, -0.05) is 39.0 Å². The second-order valence-electron chi connectivity index (χ2n) is 12.7. The van der Waals surface area contributed by atoms with E-state index >= 15 is 0 Å². The lowest BCUT2D eigenvalue weighted by atomic mass is 9.57. The Balaban J connectivity index is 1.17. The van der Waals surface area contributed by atoms with Gasteiger partial charge >= 0.3 is 5.97 Å². The topological polar surface area (TPSA) is 47.6 Å². The van der Waals surface area contributed by atoms with E-state index < -0.39 is 0 Å². The van der Waals surface area contributed by atoms with Crippen LogP contribution in [0.15, 0.2) is 36.4 Å². The first kappa shape index (κ1) is 24.6. The van der Waals surface area contributed by atoms with Crippen LogP contribution in [0.5, 0.6) is 5.75 Å². The van der Waals surface area contributed by atoms with E-state index in [1.165, 1.54) is 36.3 Å². The van der Waals surface area contributed by atoms with Crippen LogP contribution in [0.25, 0.3) is 10.8 Å². The first-order valence-electron chi connectivity index (χ1n) is 13.7. The Morgan fingerprint density at radius 1 is 0.914 bits per heavy atom. The highest BCUT2D eigenvalue weighted by Gasteiger charge is 2.52. The van der Waals surface area contributed by atoms with Crippen molar-refractivity contribution in [2.24, 2.45) is 16.7 Å². The van der Waals surface area contributed by atoms with E-state index in [-0.39, 0.29) is 16.9 Å². The highest BCUT2D eigenvalue weighted by atomic mass is 16.5. The van der Waals surface area contributed by atoms with Crippen molar-refractivity contribution in [2.45, 2.75) is 103 Å². The minimum atomic E-state index is -0.215. The molecule has 0 heterocycles. The van der Waals surface area contributed by atoms with Gasteiger partial charge in [0.05, 0.1) is 18.6 Å². The van der Waals surface area contributed by atoms with Crippen LogP contribution in [0.2, 0.25) is 0 Å². The van der Waals surface area contributed by atoms with Crippen LogP contribution < -0.4 is 10.1 Å². The standard InChI is InChI=1S/C31H43NO3/c1-29(2,3)25-8-11-26(12-9-25)35-27-10-7-23-19-22(5-6-24(23)20-27)21-32-31-16-13-30(14-17-31,15-18-31)28(33)34-4/h5-7,10,19-20,25-26,32H,8-9,11-18,21H2,1-4H3. The molecule has 4 aliphatic rings. The summed E-state index contributed by atoms with van der Waals surface area (Å²) in [7, 11) is 1.53. The SMILES string of the molecule is COC(=O)C12CCC(NCc3ccc4cc(OC5CCC(C(C)(C)C)CC5)ccc4c3)(CC1)CC2. The average molecular weight is 478 g/mol. The number of hydrogen-bond acceptors (Lipinski definition) is 4. The number of rotatable bonds is 6. The summed E-state index contributed by atoms with van der Waals surface area (Å²) >= 11 is 0. The third-order valence-electron chi connectivity index (χ3n) is 9.61. The molecule has 0 atom stereocenters. The minimum absolute atomic E-state index is 0.00117. The Kier molecular flexibility index (Phi) is 6.63. The lowest BCUT2D eigenvalue weighted by Crippen LogP contribution is -2.56. The Bertz CT molecular complexity index is 1040. The van der Waals surface area contributed by atoms with Crippen molar-refractivity contribution < 1.29 is 14.3 Å². The quantitative estimate of drug-likeness (QED) is 0.448. The number of methoxy groups -OCH3 is 1. The average Bonchev–Trinajstić information content (AvgIpc) is 2.88. The lowest BCUT2D eigenvalue weighted by molar-refractivity contribution is -0.160. The summed E-state index contributed by atoms with van der Waals surface area (Å²) in [6.45, 7) is 7.97. The molecule has 4 heteroatoms. The molecule has 0 aliphatic heterocycles. The monoisotopic (exact) mass is 477 g/mol. The fraction of sp³-hybridized carbons (Fsp3) is 0.645. The second kappa shape index (κ2) is 9.42. The highest BCUT2D eigenvalue weighted by Crippen LogP contribution is 2.53. The molecule has 4 saturated carbocycles. The van der Waals surface area contributed by atoms with Gasteiger partial charge in [-0.25, -0.2) is 0 Å². The molecule has 0 amide bonds. The van der Waals surface area contributed by atoms with Gasteiger partial charge in [0.1, 0.15) is 5.75 Å². The summed E-state index contributed by atoms with van der Waals surface area (Å²) in [5.74, 6) is 1.81. The van der Waals surface area contributed by atoms with E-state index in [9.17, 15) is 4.79 Å². The largest absolute Gasteiger partial charge is 0.490 e. The molecule has 4 nitrogen and oxygen atoms in total. The van der Waals surface area contributed by atoms with Gasteiger partial charge in [0.25, 0.3) is 0 Å². The Morgan fingerprint density at radius 3 is 2.17 bits per heavy atom. The number of benzene rings is 2. The predicted molar refractivity (Wildman–Crippen MR) is 141 cm³/mol. The fourth-order valence-electron chi connectivity index (χ4n) is 6.96. The van der Waals surface area contributed by atoms with Crippen LogP contribution in [-0.2, 0) is 16.1 Å². The summed E-state index contributed by atoms with van der Waals surface area (Å²) in [5, 5.41) is 6.39. The third-order valence-corrected chi connectivity index (χ3v) is 9.61. The number of carbonyl (C=O) groups is 1. The van der Waals surface area contributed by atoms with Crippen LogP contribution in [0.4, 0.5) is 0 Å². The fourth-order valence-corrected chi connectivity index (χ4v) is 6.96. The summed E-state index contributed by atoms with van der Waals surface area (Å²) < 4.78 is 11.5. The zero-order valence-electron chi connectivity index (χ0n) is 22.1. The molecule has 1 N–H and O–H groups in total. The summed E-state index contributed by atoms with van der Waals surface area (Å²) in [5.41, 5.74) is 1.68. The predicted octanol–water partition coefficient (Wildman–Crippen LogP) is 7.18. The molecule has 0 unspecified atom stereocenters. The Labute approximate surface area is 211 Å². The number of nitrogens with one attached hydrogen (secondary N) is 1. The van der Waals surface area contributed by atoms with Gasteiger partial charge in [-0.15, -0.1) is 0 Å². The lowest BCUT2D eigenvalue weighted by Gasteiger charge is -2.52. The molecule has 2 bridgehead atoms. The van der Waals surface area contributed by atoms with E-state index in [1.54, 1.807) is 0 Å². The molecule has 2 aromatic carbocycles. The highest BCUT2D eigenvalue weighted by molar-refractivity contribution is 5.84. The van der Waals surface area contributed by atoms with Crippen molar-refractivity contribution in [3.05, 3.63) is 42.0 Å². The molecular weight excluding hydrogens is 434 g/mol. The first-order chi connectivity index (χ1) is 16.7. The van der Waals surface area contributed by atoms with E-state index in [4.69, 9.17) is 9.47 Å². The van der Waals surface area contributed by atoms with E-state index in [0.717, 1.165) is 69.6 Å². The summed E-state index contributed by atoms with van der Waals surface area (Å²) in [6.07, 6.45) is 11.2. The van der Waals surface area contributed by atoms with E-state index in [0.29, 0.717) is 11.5 Å². The van der Waals surface area contributed by atoms with Gasteiger partial charge in [-0.3, -0.25) is 4.79 Å². The maximum atomic E-state index is 12.3. The smallest absolute Gasteiger partial charge is 0.311 e. The molecule has 0 aromatic heterocycles. The zero-order chi connectivity index (χ0) is 24.7. The molecule has 2 aromatic rings. The van der Waals surface area contributed by atoms with Gasteiger partial charge in [0.15, 0.2) is 0 Å². The molecule has 6 rings (SSSR count). The third kappa shape index (κ3) is 5.09. The molecule has 0 saturated heterocycles. The normalized spacial score (nSPS) is 30.9. The minimum Gasteiger partial charge on any atom is -0.490 e. The number of fused-ring (bicyclic) bond motifs is 4. The van der Waals surface area contributed by atoms with Gasteiger partial charge < -0.3 is 14.8 Å². The van der Waals surface area contributed by atoms with Crippen molar-refractivity contribution in [3.63, 3.8) is 0 Å². The van der Waals surface area contributed by atoms with Crippen molar-refractivity contribution in [2.75, 3.05) is 7.11 Å². The number of hydrogen-bond donors (Lipinski definition) is 1. The summed E-state index contributed by atoms with van der Waals surface area (Å²) in [6, 6.07) is 13.3.